The normalized spacial score (nSPS) is 11.3. The minimum Gasteiger partial charge on any atom is -0.322 e. The van der Waals surface area contributed by atoms with Crippen LogP contribution in [0.2, 0.25) is 0 Å². The molecule has 0 bridgehead atoms. The number of pyridine rings is 1. The van der Waals surface area contributed by atoms with Crippen molar-refractivity contribution in [1.29, 1.82) is 0 Å². The van der Waals surface area contributed by atoms with E-state index < -0.39 is 18.3 Å². The molecule has 0 amide bonds. The SMILES string of the molecule is FCc1ccccc1-c1cc2ccccc2c(Nc2n[nH]c3c(F)cc(F)cc23)n1. The van der Waals surface area contributed by atoms with E-state index in [2.05, 4.69) is 20.5 Å². The van der Waals surface area contributed by atoms with Gasteiger partial charge in [0.2, 0.25) is 0 Å². The van der Waals surface area contributed by atoms with Gasteiger partial charge < -0.3 is 5.32 Å². The van der Waals surface area contributed by atoms with Crippen LogP contribution in [0.15, 0.2) is 66.7 Å². The summed E-state index contributed by atoms with van der Waals surface area (Å²) in [6.45, 7) is -0.615. The summed E-state index contributed by atoms with van der Waals surface area (Å²) < 4.78 is 41.3. The lowest BCUT2D eigenvalue weighted by molar-refractivity contribution is 0.486. The van der Waals surface area contributed by atoms with Crippen LogP contribution in [0.4, 0.5) is 24.8 Å². The van der Waals surface area contributed by atoms with E-state index >= 15 is 0 Å². The molecule has 148 valence electrons. The largest absolute Gasteiger partial charge is 0.322 e. The van der Waals surface area contributed by atoms with Crippen molar-refractivity contribution in [3.8, 4) is 11.3 Å². The van der Waals surface area contributed by atoms with E-state index in [0.29, 0.717) is 22.6 Å². The lowest BCUT2D eigenvalue weighted by Crippen LogP contribution is -1.99. The number of aromatic nitrogens is 3. The number of fused-ring (bicyclic) bond motifs is 2. The van der Waals surface area contributed by atoms with Gasteiger partial charge in [0.25, 0.3) is 0 Å². The highest BCUT2D eigenvalue weighted by Gasteiger charge is 2.15. The van der Waals surface area contributed by atoms with Crippen molar-refractivity contribution >= 4 is 33.3 Å². The zero-order chi connectivity index (χ0) is 20.7. The number of anilines is 2. The molecule has 0 aliphatic heterocycles. The number of benzene rings is 3. The summed E-state index contributed by atoms with van der Waals surface area (Å²) in [4.78, 5) is 4.69. The number of H-pyrrole nitrogens is 1. The molecule has 4 nitrogen and oxygen atoms in total. The summed E-state index contributed by atoms with van der Waals surface area (Å²) >= 11 is 0. The number of hydrogen-bond donors (Lipinski definition) is 2. The Morgan fingerprint density at radius 3 is 2.53 bits per heavy atom. The first-order valence-corrected chi connectivity index (χ1v) is 9.28. The number of nitrogens with one attached hydrogen (secondary N) is 2. The van der Waals surface area contributed by atoms with Gasteiger partial charge in [0.05, 0.1) is 11.1 Å². The minimum atomic E-state index is -0.728. The summed E-state index contributed by atoms with van der Waals surface area (Å²) in [5, 5.41) is 11.7. The number of nitrogens with zero attached hydrogens (tertiary/aromatic N) is 2. The maximum Gasteiger partial charge on any atom is 0.161 e. The average Bonchev–Trinajstić information content (AvgIpc) is 3.16. The molecule has 0 atom stereocenters. The third-order valence-electron chi connectivity index (χ3n) is 5.00. The van der Waals surface area contributed by atoms with Crippen LogP contribution in [-0.2, 0) is 6.67 Å². The molecule has 5 rings (SSSR count). The first kappa shape index (κ1) is 18.2. The van der Waals surface area contributed by atoms with Crippen LogP contribution in [0.3, 0.4) is 0 Å². The molecule has 0 spiro atoms. The molecule has 0 radical (unpaired) electrons. The fraction of sp³-hybridized carbons (Fsp3) is 0.0435. The molecule has 5 aromatic rings. The lowest BCUT2D eigenvalue weighted by atomic mass is 10.0. The molecule has 0 unspecified atom stereocenters. The van der Waals surface area contributed by atoms with Crippen molar-refractivity contribution in [2.75, 3.05) is 5.32 Å². The van der Waals surface area contributed by atoms with E-state index in [-0.39, 0.29) is 16.7 Å². The van der Waals surface area contributed by atoms with Crippen molar-refractivity contribution in [2.24, 2.45) is 0 Å². The van der Waals surface area contributed by atoms with Gasteiger partial charge >= 0.3 is 0 Å². The van der Waals surface area contributed by atoms with Crippen molar-refractivity contribution in [1.82, 2.24) is 15.2 Å². The molecule has 0 aliphatic carbocycles. The highest BCUT2D eigenvalue weighted by molar-refractivity contribution is 5.99. The Balaban J connectivity index is 1.69. The maximum atomic E-state index is 14.0. The zero-order valence-electron chi connectivity index (χ0n) is 15.6. The molecular formula is C23H15F3N4. The number of aromatic amines is 1. The molecule has 2 aromatic heterocycles. The second-order valence-electron chi connectivity index (χ2n) is 6.88. The number of hydrogen-bond acceptors (Lipinski definition) is 3. The molecule has 0 saturated heterocycles. The first-order chi connectivity index (χ1) is 14.6. The summed E-state index contributed by atoms with van der Waals surface area (Å²) in [6, 6.07) is 18.6. The Kier molecular flexibility index (Phi) is 4.35. The molecule has 3 aromatic carbocycles. The van der Waals surface area contributed by atoms with Crippen LogP contribution in [0.5, 0.6) is 0 Å². The fourth-order valence-corrected chi connectivity index (χ4v) is 3.57. The van der Waals surface area contributed by atoms with Crippen LogP contribution >= 0.6 is 0 Å². The van der Waals surface area contributed by atoms with Crippen LogP contribution in [-0.4, -0.2) is 15.2 Å². The number of alkyl halides is 1. The average molecular weight is 404 g/mol. The van der Waals surface area contributed by atoms with Gasteiger partial charge in [-0.3, -0.25) is 5.10 Å². The summed E-state index contributed by atoms with van der Waals surface area (Å²) in [7, 11) is 0. The molecular weight excluding hydrogens is 389 g/mol. The van der Waals surface area contributed by atoms with Crippen molar-refractivity contribution in [2.45, 2.75) is 6.67 Å². The predicted molar refractivity (Wildman–Crippen MR) is 111 cm³/mol. The number of rotatable bonds is 4. The van der Waals surface area contributed by atoms with Crippen molar-refractivity contribution in [3.05, 3.63) is 83.9 Å². The van der Waals surface area contributed by atoms with E-state index in [0.717, 1.165) is 16.8 Å². The zero-order valence-corrected chi connectivity index (χ0v) is 15.6. The minimum absolute atomic E-state index is 0.0992. The van der Waals surface area contributed by atoms with Gasteiger partial charge in [-0.1, -0.05) is 48.5 Å². The third-order valence-corrected chi connectivity index (χ3v) is 5.00. The van der Waals surface area contributed by atoms with Crippen molar-refractivity contribution in [3.63, 3.8) is 0 Å². The predicted octanol–water partition coefficient (Wildman–Crippen LogP) is 6.27. The Hall–Kier alpha value is -3.87. The molecule has 0 saturated carbocycles. The lowest BCUT2D eigenvalue weighted by Gasteiger charge is -2.12. The summed E-state index contributed by atoms with van der Waals surface area (Å²) in [5.74, 6) is -0.728. The monoisotopic (exact) mass is 404 g/mol. The Morgan fingerprint density at radius 2 is 1.67 bits per heavy atom. The van der Waals surface area contributed by atoms with Crippen LogP contribution in [0, 0.1) is 11.6 Å². The quantitative estimate of drug-likeness (QED) is 0.371. The van der Waals surface area contributed by atoms with Gasteiger partial charge in [-0.2, -0.15) is 5.10 Å². The Bertz CT molecular complexity index is 1390. The molecule has 0 fully saturated rings. The second kappa shape index (κ2) is 7.18. The van der Waals surface area contributed by atoms with E-state index in [4.69, 9.17) is 0 Å². The van der Waals surface area contributed by atoms with Gasteiger partial charge in [0, 0.05) is 17.0 Å². The summed E-state index contributed by atoms with van der Waals surface area (Å²) in [5.41, 5.74) is 1.89. The Morgan fingerprint density at radius 1 is 0.867 bits per heavy atom. The van der Waals surface area contributed by atoms with E-state index in [1.807, 2.05) is 42.5 Å². The van der Waals surface area contributed by atoms with Gasteiger partial charge in [0.15, 0.2) is 11.6 Å². The summed E-state index contributed by atoms with van der Waals surface area (Å²) in [6.07, 6.45) is 0. The van der Waals surface area contributed by atoms with E-state index in [1.165, 1.54) is 6.07 Å². The van der Waals surface area contributed by atoms with E-state index in [1.54, 1.807) is 12.1 Å². The van der Waals surface area contributed by atoms with Gasteiger partial charge in [-0.05, 0) is 23.1 Å². The second-order valence-corrected chi connectivity index (χ2v) is 6.88. The standard InChI is InChI=1S/C23H15F3N4/c24-12-14-6-2-3-7-16(14)20-9-13-5-1-4-8-17(13)22(27-20)28-23-18-10-15(25)11-19(26)21(18)29-30-23/h1-11H,12H2,(H2,27,28,29,30). The van der Waals surface area contributed by atoms with Crippen LogP contribution in [0.25, 0.3) is 32.9 Å². The highest BCUT2D eigenvalue weighted by Crippen LogP contribution is 2.33. The highest BCUT2D eigenvalue weighted by atomic mass is 19.1. The first-order valence-electron chi connectivity index (χ1n) is 9.28. The van der Waals surface area contributed by atoms with Crippen molar-refractivity contribution < 1.29 is 13.2 Å². The molecule has 0 aliphatic rings. The fourth-order valence-electron chi connectivity index (χ4n) is 3.57. The Labute approximate surface area is 169 Å². The number of halogens is 3. The van der Waals surface area contributed by atoms with Gasteiger partial charge in [-0.15, -0.1) is 0 Å². The molecule has 7 heteroatoms. The van der Waals surface area contributed by atoms with Gasteiger partial charge in [0.1, 0.15) is 23.8 Å². The smallest absolute Gasteiger partial charge is 0.161 e. The molecule has 2 heterocycles. The van der Waals surface area contributed by atoms with Gasteiger partial charge in [-0.25, -0.2) is 18.2 Å². The maximum absolute atomic E-state index is 14.0. The topological polar surface area (TPSA) is 53.6 Å². The van der Waals surface area contributed by atoms with Crippen LogP contribution < -0.4 is 5.32 Å². The molecule has 30 heavy (non-hydrogen) atoms. The third kappa shape index (κ3) is 3.04. The van der Waals surface area contributed by atoms with Crippen LogP contribution in [0.1, 0.15) is 5.56 Å². The van der Waals surface area contributed by atoms with E-state index in [9.17, 15) is 13.2 Å². The molecule has 2 N–H and O–H groups in total.